The van der Waals surface area contributed by atoms with Crippen molar-refractivity contribution < 1.29 is 13.2 Å². The first-order valence-corrected chi connectivity index (χ1v) is 7.52. The molecule has 1 aromatic carbocycles. The Balaban J connectivity index is 2.23. The number of sulfonamides is 1. The van der Waals surface area contributed by atoms with Crippen LogP contribution < -0.4 is 4.72 Å². The van der Waals surface area contributed by atoms with Crippen LogP contribution in [0, 0.1) is 5.92 Å². The number of carbonyl (C=O) groups is 1. The number of Topliss-reactive ketones (excluding diaryl/α,β-unsaturated/α-hetero) is 1. The zero-order valence-corrected chi connectivity index (χ0v) is 11.3. The largest absolute Gasteiger partial charge is 0.295 e. The van der Waals surface area contributed by atoms with E-state index in [0.717, 1.165) is 12.8 Å². The van der Waals surface area contributed by atoms with Crippen LogP contribution in [0.25, 0.3) is 0 Å². The predicted molar refractivity (Wildman–Crippen MR) is 69.0 cm³/mol. The van der Waals surface area contributed by atoms with Gasteiger partial charge in [0, 0.05) is 11.6 Å². The number of benzene rings is 1. The monoisotopic (exact) mass is 267 g/mol. The van der Waals surface area contributed by atoms with Gasteiger partial charge in [-0.2, -0.15) is 0 Å². The summed E-state index contributed by atoms with van der Waals surface area (Å²) in [6, 6.07) is 6.09. The Morgan fingerprint density at radius 1 is 1.39 bits per heavy atom. The highest BCUT2D eigenvalue weighted by Crippen LogP contribution is 2.33. The molecule has 4 nitrogen and oxygen atoms in total. The summed E-state index contributed by atoms with van der Waals surface area (Å²) in [4.78, 5) is 11.4. The third-order valence-electron chi connectivity index (χ3n) is 3.22. The average molecular weight is 267 g/mol. The Labute approximate surface area is 107 Å². The molecule has 1 saturated carbocycles. The lowest BCUT2D eigenvalue weighted by Gasteiger charge is -2.13. The smallest absolute Gasteiger partial charge is 0.240 e. The highest BCUT2D eigenvalue weighted by Gasteiger charge is 2.31. The fraction of sp³-hybridized carbons (Fsp3) is 0.462. The van der Waals surface area contributed by atoms with Gasteiger partial charge in [-0.3, -0.25) is 4.79 Å². The van der Waals surface area contributed by atoms with E-state index in [2.05, 4.69) is 4.72 Å². The summed E-state index contributed by atoms with van der Waals surface area (Å²) in [6.45, 7) is 3.30. The fourth-order valence-electron chi connectivity index (χ4n) is 1.89. The van der Waals surface area contributed by atoms with Gasteiger partial charge in [0.25, 0.3) is 0 Å². The van der Waals surface area contributed by atoms with Crippen molar-refractivity contribution in [2.75, 3.05) is 0 Å². The van der Waals surface area contributed by atoms with E-state index in [-0.39, 0.29) is 16.7 Å². The first-order valence-electron chi connectivity index (χ1n) is 6.03. The van der Waals surface area contributed by atoms with E-state index in [1.807, 2.05) is 6.92 Å². The van der Waals surface area contributed by atoms with Gasteiger partial charge in [0.15, 0.2) is 5.78 Å². The molecule has 2 rings (SSSR count). The van der Waals surface area contributed by atoms with E-state index in [1.54, 1.807) is 12.1 Å². The Hall–Kier alpha value is -1.20. The van der Waals surface area contributed by atoms with Crippen LogP contribution in [0.2, 0.25) is 0 Å². The maximum atomic E-state index is 12.1. The highest BCUT2D eigenvalue weighted by atomic mass is 32.2. The topological polar surface area (TPSA) is 63.2 Å². The van der Waals surface area contributed by atoms with Gasteiger partial charge in [-0.25, -0.2) is 13.1 Å². The van der Waals surface area contributed by atoms with Crippen molar-refractivity contribution in [1.82, 2.24) is 4.72 Å². The zero-order valence-electron chi connectivity index (χ0n) is 10.5. The summed E-state index contributed by atoms with van der Waals surface area (Å²) in [5.74, 6) is 0.318. The number of hydrogen-bond acceptors (Lipinski definition) is 3. The van der Waals surface area contributed by atoms with E-state index in [4.69, 9.17) is 0 Å². The number of carbonyl (C=O) groups excluding carboxylic acids is 1. The number of ketones is 1. The minimum atomic E-state index is -3.52. The van der Waals surface area contributed by atoms with Crippen LogP contribution in [0.5, 0.6) is 0 Å². The minimum Gasteiger partial charge on any atom is -0.295 e. The molecule has 0 heterocycles. The van der Waals surface area contributed by atoms with Crippen molar-refractivity contribution >= 4 is 15.8 Å². The van der Waals surface area contributed by atoms with Gasteiger partial charge >= 0.3 is 0 Å². The first-order chi connectivity index (χ1) is 8.40. The molecule has 5 heteroatoms. The van der Waals surface area contributed by atoms with Crippen molar-refractivity contribution in [1.29, 1.82) is 0 Å². The fourth-order valence-corrected chi connectivity index (χ4v) is 3.25. The molecule has 0 aromatic heterocycles. The number of hydrogen-bond donors (Lipinski definition) is 1. The highest BCUT2D eigenvalue weighted by molar-refractivity contribution is 7.89. The molecule has 0 saturated heterocycles. The van der Waals surface area contributed by atoms with E-state index in [9.17, 15) is 13.2 Å². The summed E-state index contributed by atoms with van der Waals surface area (Å²) in [5.41, 5.74) is 0.414. The molecule has 1 N–H and O–H groups in total. The lowest BCUT2D eigenvalue weighted by atomic mass is 10.2. The SMILES string of the molecule is CC(=O)c1cccc(S(=O)(=O)NC(C)C2CC2)c1. The second kappa shape index (κ2) is 4.82. The van der Waals surface area contributed by atoms with Gasteiger partial charge < -0.3 is 0 Å². The Morgan fingerprint density at radius 3 is 2.61 bits per heavy atom. The molecule has 1 aliphatic carbocycles. The van der Waals surface area contributed by atoms with Crippen LogP contribution in [0.3, 0.4) is 0 Å². The van der Waals surface area contributed by atoms with Crippen molar-refractivity contribution in [3.05, 3.63) is 29.8 Å². The normalized spacial score (nSPS) is 17.4. The van der Waals surface area contributed by atoms with E-state index >= 15 is 0 Å². The summed E-state index contributed by atoms with van der Waals surface area (Å²) < 4.78 is 26.9. The lowest BCUT2D eigenvalue weighted by Crippen LogP contribution is -2.34. The molecule has 1 aromatic rings. The van der Waals surface area contributed by atoms with Gasteiger partial charge in [-0.05, 0) is 44.7 Å². The van der Waals surface area contributed by atoms with Crippen molar-refractivity contribution in [3.8, 4) is 0 Å². The first kappa shape index (κ1) is 13.2. The standard InChI is InChI=1S/C13H17NO3S/c1-9(11-6-7-11)14-18(16,17)13-5-3-4-12(8-13)10(2)15/h3-5,8-9,11,14H,6-7H2,1-2H3. The molecule has 98 valence electrons. The Kier molecular flexibility index (Phi) is 3.54. The zero-order chi connectivity index (χ0) is 13.3. The molecular formula is C13H17NO3S. The van der Waals surface area contributed by atoms with E-state index < -0.39 is 10.0 Å². The van der Waals surface area contributed by atoms with E-state index in [0.29, 0.717) is 11.5 Å². The summed E-state index contributed by atoms with van der Waals surface area (Å²) in [7, 11) is -3.52. The third-order valence-corrected chi connectivity index (χ3v) is 4.78. The predicted octanol–water partition coefficient (Wildman–Crippen LogP) is 1.97. The Morgan fingerprint density at radius 2 is 2.06 bits per heavy atom. The molecule has 0 radical (unpaired) electrons. The maximum Gasteiger partial charge on any atom is 0.240 e. The van der Waals surface area contributed by atoms with Crippen LogP contribution in [0.1, 0.15) is 37.0 Å². The summed E-state index contributed by atoms with van der Waals surface area (Å²) in [5, 5.41) is 0. The Bertz CT molecular complexity index is 561. The van der Waals surface area contributed by atoms with Crippen molar-refractivity contribution in [2.24, 2.45) is 5.92 Å². The molecule has 0 spiro atoms. The molecule has 18 heavy (non-hydrogen) atoms. The average Bonchev–Trinajstić information content (AvgIpc) is 3.12. The quantitative estimate of drug-likeness (QED) is 0.830. The number of nitrogens with one attached hydrogen (secondary N) is 1. The second-order valence-electron chi connectivity index (χ2n) is 4.83. The molecule has 1 fully saturated rings. The van der Waals surface area contributed by atoms with Crippen LogP contribution in [-0.4, -0.2) is 20.2 Å². The van der Waals surface area contributed by atoms with E-state index in [1.165, 1.54) is 19.1 Å². The lowest BCUT2D eigenvalue weighted by molar-refractivity contribution is 0.101. The van der Waals surface area contributed by atoms with Crippen LogP contribution >= 0.6 is 0 Å². The third kappa shape index (κ3) is 2.97. The minimum absolute atomic E-state index is 0.0454. The van der Waals surface area contributed by atoms with Crippen LogP contribution in [0.4, 0.5) is 0 Å². The molecule has 1 aliphatic rings. The van der Waals surface area contributed by atoms with Gasteiger partial charge in [0.2, 0.25) is 10.0 Å². The van der Waals surface area contributed by atoms with Gasteiger partial charge in [-0.15, -0.1) is 0 Å². The molecular weight excluding hydrogens is 250 g/mol. The molecule has 1 atom stereocenters. The van der Waals surface area contributed by atoms with Gasteiger partial charge in [0.05, 0.1) is 4.90 Å². The molecule has 0 aliphatic heterocycles. The molecule has 0 bridgehead atoms. The van der Waals surface area contributed by atoms with Crippen LogP contribution in [-0.2, 0) is 10.0 Å². The summed E-state index contributed by atoms with van der Waals surface area (Å²) >= 11 is 0. The van der Waals surface area contributed by atoms with Crippen molar-refractivity contribution in [3.63, 3.8) is 0 Å². The number of rotatable bonds is 5. The second-order valence-corrected chi connectivity index (χ2v) is 6.55. The summed E-state index contributed by atoms with van der Waals surface area (Å²) in [6.07, 6.45) is 2.16. The molecule has 0 amide bonds. The van der Waals surface area contributed by atoms with Gasteiger partial charge in [0.1, 0.15) is 0 Å². The molecule has 1 unspecified atom stereocenters. The van der Waals surface area contributed by atoms with Crippen molar-refractivity contribution in [2.45, 2.75) is 37.6 Å². The van der Waals surface area contributed by atoms with Crippen LogP contribution in [0.15, 0.2) is 29.2 Å². The maximum absolute atomic E-state index is 12.1. The van der Waals surface area contributed by atoms with Gasteiger partial charge in [-0.1, -0.05) is 12.1 Å².